The van der Waals surface area contributed by atoms with Gasteiger partial charge in [0.2, 0.25) is 0 Å². The molecule has 1 unspecified atom stereocenters. The van der Waals surface area contributed by atoms with Crippen LogP contribution in [-0.4, -0.2) is 5.25 Å². The molecule has 2 aliphatic rings. The number of hydrogen-bond acceptors (Lipinski definition) is 1. The van der Waals surface area contributed by atoms with Crippen LogP contribution in [0.4, 0.5) is 0 Å². The van der Waals surface area contributed by atoms with E-state index >= 15 is 0 Å². The van der Waals surface area contributed by atoms with Gasteiger partial charge in [0.05, 0.1) is 5.25 Å². The predicted molar refractivity (Wildman–Crippen MR) is 42.4 cm³/mol. The minimum absolute atomic E-state index is 0.657. The highest BCUT2D eigenvalue weighted by atomic mass is 32.2. The summed E-state index contributed by atoms with van der Waals surface area (Å²) in [5.74, 6) is 0. The summed E-state index contributed by atoms with van der Waals surface area (Å²) >= 11 is 1.94. The van der Waals surface area contributed by atoms with E-state index in [0.717, 1.165) is 0 Å². The van der Waals surface area contributed by atoms with Crippen LogP contribution in [0.5, 0.6) is 0 Å². The van der Waals surface area contributed by atoms with Crippen molar-refractivity contribution in [2.75, 3.05) is 0 Å². The summed E-state index contributed by atoms with van der Waals surface area (Å²) in [5, 5.41) is 0.657. The summed E-state index contributed by atoms with van der Waals surface area (Å²) in [4.78, 5) is 1.44. The van der Waals surface area contributed by atoms with Crippen LogP contribution >= 0.6 is 11.8 Å². The predicted octanol–water partition coefficient (Wildman–Crippen LogP) is 2.50. The Morgan fingerprint density at radius 1 is 1.56 bits per heavy atom. The van der Waals surface area contributed by atoms with Gasteiger partial charge in [-0.05, 0) is 23.5 Å². The maximum Gasteiger partial charge on any atom is 0.0524 e. The molecule has 0 spiro atoms. The summed E-state index contributed by atoms with van der Waals surface area (Å²) in [5.41, 5.74) is 1.47. The van der Waals surface area contributed by atoms with Crippen molar-refractivity contribution >= 4 is 11.8 Å². The van der Waals surface area contributed by atoms with Gasteiger partial charge in [-0.25, -0.2) is 0 Å². The third kappa shape index (κ3) is 0.761. The zero-order valence-electron chi connectivity index (χ0n) is 5.29. The topological polar surface area (TPSA) is 0 Å². The first-order valence-corrected chi connectivity index (χ1v) is 3.97. The molecule has 1 atom stereocenters. The van der Waals surface area contributed by atoms with Crippen molar-refractivity contribution in [1.82, 2.24) is 0 Å². The second-order valence-electron chi connectivity index (χ2n) is 2.35. The fourth-order valence-corrected chi connectivity index (χ4v) is 2.24. The average molecular weight is 136 g/mol. The third-order valence-corrected chi connectivity index (χ3v) is 2.76. The molecule has 9 heavy (non-hydrogen) atoms. The number of allylic oxidation sites excluding steroid dienone is 4. The van der Waals surface area contributed by atoms with E-state index in [9.17, 15) is 0 Å². The van der Waals surface area contributed by atoms with E-state index in [1.54, 1.807) is 0 Å². The van der Waals surface area contributed by atoms with E-state index in [1.165, 1.54) is 10.5 Å². The minimum Gasteiger partial charge on any atom is -0.118 e. The molecule has 2 rings (SSSR count). The number of hydrogen-bond donors (Lipinski definition) is 0. The molecular weight excluding hydrogens is 128 g/mol. The van der Waals surface area contributed by atoms with Gasteiger partial charge in [0.25, 0.3) is 0 Å². The van der Waals surface area contributed by atoms with Gasteiger partial charge in [-0.2, -0.15) is 0 Å². The molecule has 0 nitrogen and oxygen atoms in total. The standard InChI is InChI=1S/C8H8S/c1-6-5-7-3-2-4-8(7)9-6/h2-5,8H,1H3. The van der Waals surface area contributed by atoms with Gasteiger partial charge in [0.1, 0.15) is 0 Å². The molecule has 0 saturated heterocycles. The molecule has 0 aromatic heterocycles. The van der Waals surface area contributed by atoms with Gasteiger partial charge in [-0.1, -0.05) is 18.2 Å². The Kier molecular flexibility index (Phi) is 1.06. The van der Waals surface area contributed by atoms with Crippen molar-refractivity contribution < 1.29 is 0 Å². The fourth-order valence-electron chi connectivity index (χ4n) is 1.18. The summed E-state index contributed by atoms with van der Waals surface area (Å²) < 4.78 is 0. The van der Waals surface area contributed by atoms with Crippen LogP contribution in [-0.2, 0) is 0 Å². The quantitative estimate of drug-likeness (QED) is 0.493. The second-order valence-corrected chi connectivity index (χ2v) is 3.73. The van der Waals surface area contributed by atoms with Crippen molar-refractivity contribution in [3.05, 3.63) is 34.8 Å². The van der Waals surface area contributed by atoms with Crippen molar-refractivity contribution in [2.24, 2.45) is 0 Å². The molecule has 1 heterocycles. The molecular formula is C8H8S. The van der Waals surface area contributed by atoms with Crippen LogP contribution in [0.1, 0.15) is 6.92 Å². The Labute approximate surface area is 59.3 Å². The molecule has 0 N–H and O–H groups in total. The van der Waals surface area contributed by atoms with Gasteiger partial charge in [0, 0.05) is 0 Å². The van der Waals surface area contributed by atoms with Gasteiger partial charge in [0.15, 0.2) is 0 Å². The van der Waals surface area contributed by atoms with E-state index in [0.29, 0.717) is 5.25 Å². The van der Waals surface area contributed by atoms with Crippen molar-refractivity contribution in [3.63, 3.8) is 0 Å². The van der Waals surface area contributed by atoms with Gasteiger partial charge >= 0.3 is 0 Å². The molecule has 0 saturated carbocycles. The number of rotatable bonds is 0. The van der Waals surface area contributed by atoms with Crippen LogP contribution in [0.15, 0.2) is 34.8 Å². The number of thioether (sulfide) groups is 1. The van der Waals surface area contributed by atoms with Crippen LogP contribution in [0.2, 0.25) is 0 Å². The lowest BCUT2D eigenvalue weighted by Gasteiger charge is -1.97. The molecule has 0 aromatic rings. The third-order valence-electron chi connectivity index (χ3n) is 1.59. The van der Waals surface area contributed by atoms with Crippen LogP contribution in [0.25, 0.3) is 0 Å². The van der Waals surface area contributed by atoms with E-state index < -0.39 is 0 Å². The van der Waals surface area contributed by atoms with Crippen molar-refractivity contribution in [2.45, 2.75) is 12.2 Å². The van der Waals surface area contributed by atoms with E-state index in [1.807, 2.05) is 11.8 Å². The van der Waals surface area contributed by atoms with E-state index in [2.05, 4.69) is 31.2 Å². The highest BCUT2D eigenvalue weighted by molar-refractivity contribution is 8.04. The first kappa shape index (κ1) is 5.36. The van der Waals surface area contributed by atoms with E-state index in [4.69, 9.17) is 0 Å². The van der Waals surface area contributed by atoms with E-state index in [-0.39, 0.29) is 0 Å². The summed E-state index contributed by atoms with van der Waals surface area (Å²) in [7, 11) is 0. The summed E-state index contributed by atoms with van der Waals surface area (Å²) in [6.45, 7) is 2.16. The zero-order chi connectivity index (χ0) is 6.27. The Bertz CT molecular complexity index is 218. The smallest absolute Gasteiger partial charge is 0.0524 e. The normalized spacial score (nSPS) is 30.1. The molecule has 0 bridgehead atoms. The SMILES string of the molecule is CC1=CC2=CC=CC2S1. The fraction of sp³-hybridized carbons (Fsp3) is 0.250. The first-order chi connectivity index (χ1) is 4.36. The maximum absolute atomic E-state index is 2.26. The van der Waals surface area contributed by atoms with Gasteiger partial charge < -0.3 is 0 Å². The molecule has 46 valence electrons. The van der Waals surface area contributed by atoms with Gasteiger partial charge in [-0.3, -0.25) is 0 Å². The first-order valence-electron chi connectivity index (χ1n) is 3.09. The summed E-state index contributed by atoms with van der Waals surface area (Å²) in [6.07, 6.45) is 8.83. The van der Waals surface area contributed by atoms with Gasteiger partial charge in [-0.15, -0.1) is 11.8 Å². The average Bonchev–Trinajstić information content (AvgIpc) is 2.22. The summed E-state index contributed by atoms with van der Waals surface area (Å²) in [6, 6.07) is 0. The lowest BCUT2D eigenvalue weighted by atomic mass is 10.2. The molecule has 0 aromatic carbocycles. The lowest BCUT2D eigenvalue weighted by molar-refractivity contribution is 1.39. The maximum atomic E-state index is 2.26. The molecule has 1 aliphatic carbocycles. The van der Waals surface area contributed by atoms with Crippen LogP contribution in [0.3, 0.4) is 0 Å². The highest BCUT2D eigenvalue weighted by Crippen LogP contribution is 2.38. The monoisotopic (exact) mass is 136 g/mol. The highest BCUT2D eigenvalue weighted by Gasteiger charge is 2.19. The lowest BCUT2D eigenvalue weighted by Crippen LogP contribution is -1.88. The zero-order valence-corrected chi connectivity index (χ0v) is 6.11. The molecule has 1 aliphatic heterocycles. The second kappa shape index (κ2) is 1.77. The Morgan fingerprint density at radius 3 is 3.22 bits per heavy atom. The molecule has 0 amide bonds. The van der Waals surface area contributed by atoms with Crippen LogP contribution < -0.4 is 0 Å². The largest absolute Gasteiger partial charge is 0.118 e. The Balaban J connectivity index is 2.35. The molecule has 1 heteroatoms. The molecule has 0 radical (unpaired) electrons. The number of fused-ring (bicyclic) bond motifs is 1. The van der Waals surface area contributed by atoms with Crippen LogP contribution in [0, 0.1) is 0 Å². The minimum atomic E-state index is 0.657. The Hall–Kier alpha value is -0.430. The molecule has 0 fully saturated rings. The Morgan fingerprint density at radius 2 is 2.44 bits per heavy atom. The van der Waals surface area contributed by atoms with Crippen molar-refractivity contribution in [3.8, 4) is 0 Å². The van der Waals surface area contributed by atoms with Crippen molar-refractivity contribution in [1.29, 1.82) is 0 Å².